The Kier molecular flexibility index (Phi) is 3.52. The molecule has 102 valence electrons. The number of hydrogen-bond acceptors (Lipinski definition) is 5. The quantitative estimate of drug-likeness (QED) is 0.671. The van der Waals surface area contributed by atoms with Crippen LogP contribution in [0.1, 0.15) is 27.4 Å². The van der Waals surface area contributed by atoms with Gasteiger partial charge in [0.25, 0.3) is 11.6 Å². The molecule has 1 N–H and O–H groups in total. The van der Waals surface area contributed by atoms with E-state index in [1.165, 1.54) is 11.0 Å². The summed E-state index contributed by atoms with van der Waals surface area (Å²) in [4.78, 5) is 35.4. The molecule has 1 atom stereocenters. The van der Waals surface area contributed by atoms with Gasteiger partial charge in [-0.25, -0.2) is 4.79 Å². The molecule has 0 saturated carbocycles. The van der Waals surface area contributed by atoms with Crippen LogP contribution in [0.3, 0.4) is 0 Å². The number of amides is 1. The third kappa shape index (κ3) is 2.43. The van der Waals surface area contributed by atoms with Gasteiger partial charge in [-0.3, -0.25) is 14.9 Å². The molecule has 1 amide bonds. The predicted molar refractivity (Wildman–Crippen MR) is 67.4 cm³/mol. The Morgan fingerprint density at radius 2 is 2.26 bits per heavy atom. The van der Waals surface area contributed by atoms with Gasteiger partial charge >= 0.3 is 5.97 Å². The van der Waals surface area contributed by atoms with E-state index in [1.807, 2.05) is 0 Å². The lowest BCUT2D eigenvalue weighted by atomic mass is 10.2. The van der Waals surface area contributed by atoms with E-state index in [-0.39, 0.29) is 10.6 Å². The average Bonchev–Trinajstić information content (AvgIpc) is 2.93. The third-order valence-corrected chi connectivity index (χ3v) is 4.13. The third-order valence-electron chi connectivity index (χ3n) is 3.10. The molecule has 0 unspecified atom stereocenters. The number of aliphatic carboxylic acids is 1. The van der Waals surface area contributed by atoms with Gasteiger partial charge in [-0.1, -0.05) is 0 Å². The van der Waals surface area contributed by atoms with E-state index in [2.05, 4.69) is 0 Å². The van der Waals surface area contributed by atoms with Crippen LogP contribution in [0.4, 0.5) is 5.69 Å². The van der Waals surface area contributed by atoms with Gasteiger partial charge in [-0.15, -0.1) is 11.3 Å². The van der Waals surface area contributed by atoms with E-state index in [0.29, 0.717) is 24.3 Å². The Bertz CT molecular complexity index is 553. The highest BCUT2D eigenvalue weighted by Crippen LogP contribution is 2.30. The molecule has 1 saturated heterocycles. The number of rotatable bonds is 3. The van der Waals surface area contributed by atoms with Crippen molar-refractivity contribution in [1.29, 1.82) is 0 Å². The van der Waals surface area contributed by atoms with Crippen molar-refractivity contribution in [3.63, 3.8) is 0 Å². The van der Waals surface area contributed by atoms with Gasteiger partial charge in [-0.05, 0) is 19.8 Å². The lowest BCUT2D eigenvalue weighted by Gasteiger charge is -2.20. The first-order chi connectivity index (χ1) is 8.91. The van der Waals surface area contributed by atoms with Gasteiger partial charge in [0.2, 0.25) is 0 Å². The topological polar surface area (TPSA) is 101 Å². The van der Waals surface area contributed by atoms with Crippen molar-refractivity contribution in [2.75, 3.05) is 6.54 Å². The van der Waals surface area contributed by atoms with Crippen molar-refractivity contribution < 1.29 is 19.6 Å². The van der Waals surface area contributed by atoms with Gasteiger partial charge in [0, 0.05) is 12.6 Å². The van der Waals surface area contributed by atoms with Gasteiger partial charge in [0.1, 0.15) is 6.04 Å². The Morgan fingerprint density at radius 1 is 1.58 bits per heavy atom. The Balaban J connectivity index is 2.27. The van der Waals surface area contributed by atoms with Crippen LogP contribution in [0.5, 0.6) is 0 Å². The predicted octanol–water partition coefficient (Wildman–Crippen LogP) is 1.65. The number of hydrogen-bond donors (Lipinski definition) is 1. The zero-order valence-electron chi connectivity index (χ0n) is 10.2. The van der Waals surface area contributed by atoms with Crippen molar-refractivity contribution in [3.8, 4) is 0 Å². The number of likely N-dealkylation sites (tertiary alicyclic amines) is 1. The van der Waals surface area contributed by atoms with Crippen LogP contribution in [0, 0.1) is 17.0 Å². The molecule has 0 bridgehead atoms. The summed E-state index contributed by atoms with van der Waals surface area (Å²) in [6, 6.07) is 0.397. The molecular weight excluding hydrogens is 272 g/mol. The number of carboxylic acid groups (broad SMARTS) is 1. The molecule has 2 rings (SSSR count). The first-order valence-electron chi connectivity index (χ1n) is 5.70. The SMILES string of the molecule is Cc1sc(C(=O)N2CCC[C@@H]2C(=O)O)cc1[N+](=O)[O-]. The number of carbonyl (C=O) groups excluding carboxylic acids is 1. The molecule has 0 aromatic carbocycles. The largest absolute Gasteiger partial charge is 0.480 e. The first-order valence-corrected chi connectivity index (χ1v) is 6.52. The van der Waals surface area contributed by atoms with Gasteiger partial charge in [-0.2, -0.15) is 0 Å². The molecule has 1 fully saturated rings. The number of thiophene rings is 1. The Morgan fingerprint density at radius 3 is 2.79 bits per heavy atom. The van der Waals surface area contributed by atoms with Crippen LogP contribution < -0.4 is 0 Å². The maximum absolute atomic E-state index is 12.2. The molecule has 1 aromatic heterocycles. The molecule has 0 aliphatic carbocycles. The normalized spacial score (nSPS) is 18.6. The van der Waals surface area contributed by atoms with Crippen molar-refractivity contribution in [3.05, 3.63) is 25.9 Å². The van der Waals surface area contributed by atoms with Gasteiger partial charge < -0.3 is 10.0 Å². The second-order valence-corrected chi connectivity index (χ2v) is 5.56. The van der Waals surface area contributed by atoms with Crippen molar-refractivity contribution in [1.82, 2.24) is 4.90 Å². The summed E-state index contributed by atoms with van der Waals surface area (Å²) in [6.07, 6.45) is 1.06. The number of aryl methyl sites for hydroxylation is 1. The van der Waals surface area contributed by atoms with Crippen LogP contribution in [0.2, 0.25) is 0 Å². The molecule has 1 aliphatic rings. The highest BCUT2D eigenvalue weighted by Gasteiger charge is 2.35. The van der Waals surface area contributed by atoms with Crippen molar-refractivity contribution in [2.45, 2.75) is 25.8 Å². The molecule has 0 radical (unpaired) electrons. The highest BCUT2D eigenvalue weighted by molar-refractivity contribution is 7.14. The zero-order valence-corrected chi connectivity index (χ0v) is 11.0. The van der Waals surface area contributed by atoms with Crippen LogP contribution >= 0.6 is 11.3 Å². The maximum atomic E-state index is 12.2. The number of nitrogens with zero attached hydrogens (tertiary/aromatic N) is 2. The molecule has 8 heteroatoms. The zero-order chi connectivity index (χ0) is 14.2. The molecule has 0 spiro atoms. The minimum absolute atomic E-state index is 0.0978. The van der Waals surface area contributed by atoms with E-state index >= 15 is 0 Å². The van der Waals surface area contributed by atoms with E-state index in [0.717, 1.165) is 11.3 Å². The minimum Gasteiger partial charge on any atom is -0.480 e. The lowest BCUT2D eigenvalue weighted by Crippen LogP contribution is -2.40. The summed E-state index contributed by atoms with van der Waals surface area (Å²) in [5.41, 5.74) is -0.0978. The minimum atomic E-state index is -1.03. The van der Waals surface area contributed by atoms with E-state index in [4.69, 9.17) is 5.11 Å². The summed E-state index contributed by atoms with van der Waals surface area (Å²) in [7, 11) is 0. The van der Waals surface area contributed by atoms with Crippen LogP contribution in [-0.4, -0.2) is 39.4 Å². The average molecular weight is 284 g/mol. The van der Waals surface area contributed by atoms with E-state index < -0.39 is 22.8 Å². The lowest BCUT2D eigenvalue weighted by molar-refractivity contribution is -0.385. The fourth-order valence-electron chi connectivity index (χ4n) is 2.17. The van der Waals surface area contributed by atoms with E-state index in [1.54, 1.807) is 6.92 Å². The fraction of sp³-hybridized carbons (Fsp3) is 0.455. The fourth-order valence-corrected chi connectivity index (χ4v) is 3.11. The second kappa shape index (κ2) is 4.96. The van der Waals surface area contributed by atoms with E-state index in [9.17, 15) is 19.7 Å². The molecule has 7 nitrogen and oxygen atoms in total. The van der Waals surface area contributed by atoms with Crippen molar-refractivity contribution in [2.24, 2.45) is 0 Å². The summed E-state index contributed by atoms with van der Waals surface area (Å²) >= 11 is 1.03. The van der Waals surface area contributed by atoms with Crippen LogP contribution in [0.25, 0.3) is 0 Å². The summed E-state index contributed by atoms with van der Waals surface area (Å²) in [5, 5.41) is 19.8. The number of carboxylic acids is 1. The van der Waals surface area contributed by atoms with Crippen molar-refractivity contribution >= 4 is 28.9 Å². The molecule has 1 aromatic rings. The summed E-state index contributed by atoms with van der Waals surface area (Å²) < 4.78 is 0. The molecule has 19 heavy (non-hydrogen) atoms. The smallest absolute Gasteiger partial charge is 0.326 e. The number of nitro groups is 1. The first kappa shape index (κ1) is 13.5. The van der Waals surface area contributed by atoms with Crippen LogP contribution in [-0.2, 0) is 4.79 Å². The molecule has 2 heterocycles. The number of carbonyl (C=O) groups is 2. The van der Waals surface area contributed by atoms with Crippen LogP contribution in [0.15, 0.2) is 6.07 Å². The monoisotopic (exact) mass is 284 g/mol. The Labute approximate surface area is 112 Å². The highest BCUT2D eigenvalue weighted by atomic mass is 32.1. The maximum Gasteiger partial charge on any atom is 0.326 e. The van der Waals surface area contributed by atoms with Gasteiger partial charge in [0.05, 0.1) is 14.7 Å². The summed E-state index contributed by atoms with van der Waals surface area (Å²) in [5.74, 6) is -1.47. The molecule has 1 aliphatic heterocycles. The summed E-state index contributed by atoms with van der Waals surface area (Å²) in [6.45, 7) is 1.94. The Hall–Kier alpha value is -1.96. The second-order valence-electron chi connectivity index (χ2n) is 4.30. The molecular formula is C11H12N2O5S. The standard InChI is InChI=1S/C11H12N2O5S/c1-6-8(13(17)18)5-9(19-6)10(14)12-4-2-3-7(12)11(15)16/h5,7H,2-4H2,1H3,(H,15,16)/t7-/m1/s1. The van der Waals surface area contributed by atoms with Gasteiger partial charge in [0.15, 0.2) is 0 Å².